The van der Waals surface area contributed by atoms with Crippen LogP contribution in [-0.2, 0) is 13.1 Å². The first-order valence-electron chi connectivity index (χ1n) is 7.53. The summed E-state index contributed by atoms with van der Waals surface area (Å²) in [7, 11) is 0. The average Bonchev–Trinajstić information content (AvgIpc) is 3.04. The minimum atomic E-state index is 0.259. The summed E-state index contributed by atoms with van der Waals surface area (Å²) < 4.78 is 3.36. The van der Waals surface area contributed by atoms with E-state index in [0.29, 0.717) is 29.4 Å². The monoisotopic (exact) mass is 352 g/mol. The molecule has 4 aromatic rings. The molecule has 4 aromatic heterocycles. The number of fused-ring (bicyclic) bond motifs is 1. The second-order valence-corrected chi connectivity index (χ2v) is 5.88. The summed E-state index contributed by atoms with van der Waals surface area (Å²) in [5.41, 5.74) is 3.18. The maximum atomic E-state index is 8.37. The van der Waals surface area contributed by atoms with E-state index in [0.717, 1.165) is 11.1 Å². The van der Waals surface area contributed by atoms with Gasteiger partial charge in [0.25, 0.3) is 0 Å². The summed E-state index contributed by atoms with van der Waals surface area (Å²) in [5, 5.41) is 17.0. The lowest BCUT2D eigenvalue weighted by molar-refractivity contribution is 0.661. The molecule has 1 N–H and O–H groups in total. The molecule has 0 fully saturated rings. The predicted molar refractivity (Wildman–Crippen MR) is 90.9 cm³/mol. The molecule has 0 aromatic carbocycles. The Morgan fingerprint density at radius 2 is 1.92 bits per heavy atom. The lowest BCUT2D eigenvalue weighted by atomic mass is 10.3. The molecule has 0 bridgehead atoms. The smallest absolute Gasteiger partial charge is 0.184 e. The minimum Gasteiger partial charge on any atom is -0.311 e. The fourth-order valence-electron chi connectivity index (χ4n) is 2.49. The van der Waals surface area contributed by atoms with Crippen LogP contribution in [0.5, 0.6) is 0 Å². The van der Waals surface area contributed by atoms with Crippen molar-refractivity contribution in [1.82, 2.24) is 34.5 Å². The van der Waals surface area contributed by atoms with Crippen LogP contribution < -0.4 is 5.49 Å². The fraction of sp³-hybridized carbons (Fsp3) is 0.125. The highest BCUT2D eigenvalue weighted by molar-refractivity contribution is 6.29. The van der Waals surface area contributed by atoms with Gasteiger partial charge in [0.2, 0.25) is 0 Å². The summed E-state index contributed by atoms with van der Waals surface area (Å²) in [4.78, 5) is 12.6. The summed E-state index contributed by atoms with van der Waals surface area (Å²) >= 11 is 5.80. The van der Waals surface area contributed by atoms with Crippen molar-refractivity contribution in [2.75, 3.05) is 0 Å². The van der Waals surface area contributed by atoms with Crippen molar-refractivity contribution in [2.45, 2.75) is 13.1 Å². The highest BCUT2D eigenvalue weighted by Crippen LogP contribution is 2.09. The lowest BCUT2D eigenvalue weighted by Crippen LogP contribution is -2.22. The largest absolute Gasteiger partial charge is 0.311 e. The molecule has 0 aliphatic rings. The Hall–Kier alpha value is -3.13. The van der Waals surface area contributed by atoms with Crippen molar-refractivity contribution in [3.63, 3.8) is 0 Å². The highest BCUT2D eigenvalue weighted by Gasteiger charge is 2.11. The van der Waals surface area contributed by atoms with E-state index in [2.05, 4.69) is 25.3 Å². The van der Waals surface area contributed by atoms with Crippen LogP contribution in [0.15, 0.2) is 49.2 Å². The van der Waals surface area contributed by atoms with Crippen molar-refractivity contribution >= 4 is 22.8 Å². The van der Waals surface area contributed by atoms with Gasteiger partial charge < -0.3 is 4.57 Å². The fourth-order valence-corrected chi connectivity index (χ4v) is 2.61. The molecule has 9 heteroatoms. The number of aromatic nitrogens is 7. The molecule has 0 spiro atoms. The Kier molecular flexibility index (Phi) is 3.95. The van der Waals surface area contributed by atoms with Gasteiger partial charge in [-0.25, -0.2) is 14.6 Å². The number of hydrogen-bond acceptors (Lipinski definition) is 6. The number of hydrogen-bond donors (Lipinski definition) is 1. The molecule has 0 amide bonds. The molecule has 4 rings (SSSR count). The molecule has 4 heterocycles. The van der Waals surface area contributed by atoms with Gasteiger partial charge in [0.15, 0.2) is 16.7 Å². The van der Waals surface area contributed by atoms with E-state index >= 15 is 0 Å². The summed E-state index contributed by atoms with van der Waals surface area (Å²) in [5.74, 6) is 0. The maximum Gasteiger partial charge on any atom is 0.184 e. The highest BCUT2D eigenvalue weighted by atomic mass is 35.5. The third kappa shape index (κ3) is 3.11. The van der Waals surface area contributed by atoms with E-state index in [4.69, 9.17) is 17.0 Å². The summed E-state index contributed by atoms with van der Waals surface area (Å²) in [6.07, 6.45) is 6.79. The molecule has 0 aliphatic carbocycles. The second-order valence-electron chi connectivity index (χ2n) is 5.49. The molecule has 0 atom stereocenters. The first-order valence-corrected chi connectivity index (χ1v) is 7.91. The Labute approximate surface area is 147 Å². The van der Waals surface area contributed by atoms with Gasteiger partial charge in [0.1, 0.15) is 5.15 Å². The molecular weight excluding hydrogens is 340 g/mol. The van der Waals surface area contributed by atoms with Crippen molar-refractivity contribution in [3.05, 3.63) is 71.0 Å². The molecule has 8 nitrogen and oxygen atoms in total. The average molecular weight is 353 g/mol. The van der Waals surface area contributed by atoms with Crippen molar-refractivity contribution < 1.29 is 0 Å². The maximum absolute atomic E-state index is 8.37. The van der Waals surface area contributed by atoms with Gasteiger partial charge in [-0.05, 0) is 23.3 Å². The number of rotatable bonds is 4. The van der Waals surface area contributed by atoms with Crippen LogP contribution in [0.2, 0.25) is 5.15 Å². The Balaban J connectivity index is 1.67. The molecule has 0 radical (unpaired) electrons. The number of halogens is 1. The van der Waals surface area contributed by atoms with Gasteiger partial charge in [-0.1, -0.05) is 28.9 Å². The minimum absolute atomic E-state index is 0.259. The van der Waals surface area contributed by atoms with Gasteiger partial charge in [-0.3, -0.25) is 10.4 Å². The van der Waals surface area contributed by atoms with Crippen LogP contribution in [0, 0.1) is 5.41 Å². The zero-order valence-corrected chi connectivity index (χ0v) is 13.8. The number of nitrogens with zero attached hydrogens (tertiary/aromatic N) is 7. The molecule has 25 heavy (non-hydrogen) atoms. The van der Waals surface area contributed by atoms with E-state index < -0.39 is 0 Å². The lowest BCUT2D eigenvalue weighted by Gasteiger charge is -2.06. The van der Waals surface area contributed by atoms with Gasteiger partial charge in [0, 0.05) is 18.6 Å². The topological polar surface area (TPSA) is 98.2 Å². The third-order valence-corrected chi connectivity index (χ3v) is 3.96. The van der Waals surface area contributed by atoms with Crippen molar-refractivity contribution in [2.24, 2.45) is 0 Å². The summed E-state index contributed by atoms with van der Waals surface area (Å²) in [6, 6.07) is 7.41. The molecule has 0 aliphatic heterocycles. The van der Waals surface area contributed by atoms with Gasteiger partial charge in [-0.15, -0.1) is 5.10 Å². The zero-order chi connectivity index (χ0) is 17.2. The Bertz CT molecular complexity index is 1070. The standard InChI is InChI=1S/C16H13ClN8/c17-13-4-3-12(7-20-13)9-25-16-14(22-23-25)15(18)24(10-21-16)8-11-2-1-5-19-6-11/h1-7,10,18H,8-9H2. The SMILES string of the molecule is N=c1c2nnn(Cc3ccc(Cl)nc3)c2ncn1Cc1cccnc1. The van der Waals surface area contributed by atoms with E-state index in [-0.39, 0.29) is 5.49 Å². The zero-order valence-electron chi connectivity index (χ0n) is 13.0. The first kappa shape index (κ1) is 15.4. The van der Waals surface area contributed by atoms with Crippen molar-refractivity contribution in [3.8, 4) is 0 Å². The number of pyridine rings is 2. The Morgan fingerprint density at radius 1 is 1.04 bits per heavy atom. The Morgan fingerprint density at radius 3 is 2.68 bits per heavy atom. The van der Waals surface area contributed by atoms with E-state index in [1.807, 2.05) is 18.2 Å². The first-order chi connectivity index (χ1) is 12.2. The van der Waals surface area contributed by atoms with E-state index in [1.54, 1.807) is 40.2 Å². The molecular formula is C16H13ClN8. The van der Waals surface area contributed by atoms with Crippen LogP contribution in [0.25, 0.3) is 11.2 Å². The normalized spacial score (nSPS) is 11.1. The quantitative estimate of drug-likeness (QED) is 0.563. The van der Waals surface area contributed by atoms with Gasteiger partial charge in [0.05, 0.1) is 19.4 Å². The van der Waals surface area contributed by atoms with Crippen LogP contribution in [-0.4, -0.2) is 34.5 Å². The van der Waals surface area contributed by atoms with Crippen LogP contribution >= 0.6 is 11.6 Å². The van der Waals surface area contributed by atoms with Gasteiger partial charge in [-0.2, -0.15) is 0 Å². The molecule has 0 saturated heterocycles. The predicted octanol–water partition coefficient (Wildman–Crippen LogP) is 1.65. The summed E-state index contributed by atoms with van der Waals surface area (Å²) in [6.45, 7) is 0.962. The van der Waals surface area contributed by atoms with E-state index in [1.165, 1.54) is 0 Å². The van der Waals surface area contributed by atoms with Crippen LogP contribution in [0.3, 0.4) is 0 Å². The second kappa shape index (κ2) is 6.40. The third-order valence-electron chi connectivity index (χ3n) is 3.74. The molecule has 0 unspecified atom stereocenters. The van der Waals surface area contributed by atoms with Crippen molar-refractivity contribution in [1.29, 1.82) is 5.41 Å². The number of nitrogens with one attached hydrogen (secondary N) is 1. The van der Waals surface area contributed by atoms with Crippen LogP contribution in [0.1, 0.15) is 11.1 Å². The van der Waals surface area contributed by atoms with Crippen LogP contribution in [0.4, 0.5) is 0 Å². The van der Waals surface area contributed by atoms with Gasteiger partial charge >= 0.3 is 0 Å². The molecule has 124 valence electrons. The van der Waals surface area contributed by atoms with E-state index in [9.17, 15) is 0 Å². The molecule has 0 saturated carbocycles.